The summed E-state index contributed by atoms with van der Waals surface area (Å²) in [6.07, 6.45) is 0.927. The molecule has 0 aliphatic carbocycles. The predicted molar refractivity (Wildman–Crippen MR) is 69.9 cm³/mol. The first kappa shape index (κ1) is 14.0. The molecule has 2 heterocycles. The second kappa shape index (κ2) is 5.70. The Morgan fingerprint density at radius 1 is 1.58 bits per heavy atom. The van der Waals surface area contributed by atoms with Crippen LogP contribution in [0.2, 0.25) is 0 Å². The van der Waals surface area contributed by atoms with Gasteiger partial charge in [-0.3, -0.25) is 5.32 Å². The zero-order chi connectivity index (χ0) is 14.0. The maximum absolute atomic E-state index is 10.8. The highest BCUT2D eigenvalue weighted by molar-refractivity contribution is 5.80. The van der Waals surface area contributed by atoms with Gasteiger partial charge in [0.2, 0.25) is 0 Å². The van der Waals surface area contributed by atoms with Gasteiger partial charge in [0.15, 0.2) is 5.03 Å². The van der Waals surface area contributed by atoms with Crippen molar-refractivity contribution in [3.05, 3.63) is 10.1 Å². The standard InChI is InChI=1S/C11H21N5O3/c1-8(2)10-12-7-15(9-4-5-19-6-9)11(14(10)3)13-16(17)18/h8-10,12H,4-7H2,1-3H3. The summed E-state index contributed by atoms with van der Waals surface area (Å²) >= 11 is 0. The molecule has 2 rings (SSSR count). The third kappa shape index (κ3) is 2.95. The molecule has 0 spiro atoms. The minimum absolute atomic E-state index is 0.0530. The first-order valence-electron chi connectivity index (χ1n) is 6.54. The second-order valence-electron chi connectivity index (χ2n) is 5.29. The SMILES string of the molecule is CC(C)C1NCN(C2CCOC2)C(=N[N+](=O)[O-])N1C. The van der Waals surface area contributed by atoms with Crippen molar-refractivity contribution in [3.8, 4) is 0 Å². The second-order valence-corrected chi connectivity index (χ2v) is 5.29. The van der Waals surface area contributed by atoms with Crippen LogP contribution in [-0.2, 0) is 4.74 Å². The Bertz CT molecular complexity index is 367. The number of hydrogen-bond donors (Lipinski definition) is 1. The first-order valence-corrected chi connectivity index (χ1v) is 6.54. The number of guanidine groups is 1. The van der Waals surface area contributed by atoms with E-state index in [0.717, 1.165) is 6.42 Å². The lowest BCUT2D eigenvalue weighted by Gasteiger charge is -2.45. The van der Waals surface area contributed by atoms with E-state index in [9.17, 15) is 10.1 Å². The van der Waals surface area contributed by atoms with Crippen molar-refractivity contribution in [2.75, 3.05) is 26.9 Å². The van der Waals surface area contributed by atoms with E-state index in [2.05, 4.69) is 24.3 Å². The summed E-state index contributed by atoms with van der Waals surface area (Å²) in [5.41, 5.74) is 0. The van der Waals surface area contributed by atoms with E-state index in [-0.39, 0.29) is 12.2 Å². The lowest BCUT2D eigenvalue weighted by atomic mass is 10.1. The zero-order valence-corrected chi connectivity index (χ0v) is 11.6. The number of nitro groups is 1. The highest BCUT2D eigenvalue weighted by Gasteiger charge is 2.37. The minimum Gasteiger partial charge on any atom is -0.379 e. The molecule has 0 saturated carbocycles. The summed E-state index contributed by atoms with van der Waals surface area (Å²) in [7, 11) is 1.84. The van der Waals surface area contributed by atoms with Crippen LogP contribution in [0.4, 0.5) is 0 Å². The van der Waals surface area contributed by atoms with Gasteiger partial charge in [-0.05, 0) is 12.3 Å². The molecular formula is C11H21N5O3. The van der Waals surface area contributed by atoms with Gasteiger partial charge in [0.1, 0.15) is 5.10 Å². The molecule has 1 N–H and O–H groups in total. The zero-order valence-electron chi connectivity index (χ0n) is 11.6. The van der Waals surface area contributed by atoms with Crippen molar-refractivity contribution < 1.29 is 9.77 Å². The molecule has 2 fully saturated rings. The Morgan fingerprint density at radius 3 is 2.84 bits per heavy atom. The van der Waals surface area contributed by atoms with Gasteiger partial charge in [0, 0.05) is 13.7 Å². The number of nitrogens with zero attached hydrogens (tertiary/aromatic N) is 4. The summed E-state index contributed by atoms with van der Waals surface area (Å²) in [6.45, 7) is 6.01. The fourth-order valence-corrected chi connectivity index (χ4v) is 2.67. The molecule has 108 valence electrons. The summed E-state index contributed by atoms with van der Waals surface area (Å²) in [4.78, 5) is 14.5. The van der Waals surface area contributed by atoms with Gasteiger partial charge in [-0.15, -0.1) is 0 Å². The quantitative estimate of drug-likeness (QED) is 0.579. The summed E-state index contributed by atoms with van der Waals surface area (Å²) < 4.78 is 5.36. The van der Waals surface area contributed by atoms with Crippen LogP contribution in [-0.4, -0.2) is 59.9 Å². The molecule has 8 nitrogen and oxygen atoms in total. The number of hydrazone groups is 1. The van der Waals surface area contributed by atoms with Crippen LogP contribution in [0.25, 0.3) is 0 Å². The fraction of sp³-hybridized carbons (Fsp3) is 0.909. The number of rotatable bonds is 3. The topological polar surface area (TPSA) is 83.2 Å². The van der Waals surface area contributed by atoms with E-state index in [1.54, 1.807) is 0 Å². The van der Waals surface area contributed by atoms with E-state index in [1.165, 1.54) is 0 Å². The van der Waals surface area contributed by atoms with Crippen molar-refractivity contribution in [3.63, 3.8) is 0 Å². The van der Waals surface area contributed by atoms with Gasteiger partial charge in [0.05, 0.1) is 25.5 Å². The first-order chi connectivity index (χ1) is 9.00. The fourth-order valence-electron chi connectivity index (χ4n) is 2.67. The van der Waals surface area contributed by atoms with Crippen LogP contribution in [0.1, 0.15) is 20.3 Å². The third-order valence-electron chi connectivity index (χ3n) is 3.61. The van der Waals surface area contributed by atoms with Crippen LogP contribution >= 0.6 is 0 Å². The van der Waals surface area contributed by atoms with Gasteiger partial charge in [-0.25, -0.2) is 10.1 Å². The van der Waals surface area contributed by atoms with E-state index < -0.39 is 5.03 Å². The molecule has 0 amide bonds. The minimum atomic E-state index is -0.628. The maximum atomic E-state index is 10.8. The molecule has 0 aromatic carbocycles. The van der Waals surface area contributed by atoms with Gasteiger partial charge >= 0.3 is 0 Å². The van der Waals surface area contributed by atoms with Crippen LogP contribution in [0.5, 0.6) is 0 Å². The number of ether oxygens (including phenoxy) is 1. The highest BCUT2D eigenvalue weighted by Crippen LogP contribution is 2.20. The normalized spacial score (nSPS) is 30.4. The summed E-state index contributed by atoms with van der Waals surface area (Å²) in [5, 5.41) is 17.1. The monoisotopic (exact) mass is 271 g/mol. The molecular weight excluding hydrogens is 250 g/mol. The van der Waals surface area contributed by atoms with Gasteiger partial charge < -0.3 is 14.5 Å². The smallest absolute Gasteiger partial charge is 0.276 e. The van der Waals surface area contributed by atoms with Crippen molar-refractivity contribution in [1.82, 2.24) is 15.1 Å². The van der Waals surface area contributed by atoms with Crippen molar-refractivity contribution in [1.29, 1.82) is 0 Å². The molecule has 19 heavy (non-hydrogen) atoms. The van der Waals surface area contributed by atoms with Gasteiger partial charge in [0.25, 0.3) is 5.96 Å². The molecule has 0 aromatic heterocycles. The average Bonchev–Trinajstić information content (AvgIpc) is 2.84. The molecule has 0 bridgehead atoms. The molecule has 0 radical (unpaired) electrons. The van der Waals surface area contributed by atoms with Crippen LogP contribution < -0.4 is 5.32 Å². The molecule has 2 saturated heterocycles. The van der Waals surface area contributed by atoms with Gasteiger partial charge in [-0.2, -0.15) is 0 Å². The van der Waals surface area contributed by atoms with Crippen LogP contribution in [0.15, 0.2) is 5.10 Å². The Morgan fingerprint density at radius 2 is 2.32 bits per heavy atom. The lowest BCUT2D eigenvalue weighted by Crippen LogP contribution is -2.65. The number of hydrogen-bond acceptors (Lipinski definition) is 4. The third-order valence-corrected chi connectivity index (χ3v) is 3.61. The van der Waals surface area contributed by atoms with Crippen molar-refractivity contribution >= 4 is 5.96 Å². The molecule has 2 aliphatic heterocycles. The Kier molecular flexibility index (Phi) is 4.20. The largest absolute Gasteiger partial charge is 0.379 e. The van der Waals surface area contributed by atoms with Crippen molar-refractivity contribution in [2.24, 2.45) is 11.0 Å². The maximum Gasteiger partial charge on any atom is 0.276 e. The molecule has 2 unspecified atom stereocenters. The van der Waals surface area contributed by atoms with Gasteiger partial charge in [-0.1, -0.05) is 13.8 Å². The van der Waals surface area contributed by atoms with Crippen LogP contribution in [0, 0.1) is 16.0 Å². The Labute approximate surface area is 112 Å². The molecule has 8 heteroatoms. The van der Waals surface area contributed by atoms with E-state index in [4.69, 9.17) is 4.74 Å². The molecule has 2 aliphatic rings. The summed E-state index contributed by atoms with van der Waals surface area (Å²) in [6, 6.07) is 0.154. The Balaban J connectivity index is 2.22. The predicted octanol–water partition coefficient (Wildman–Crippen LogP) is 0.0996. The van der Waals surface area contributed by atoms with Crippen molar-refractivity contribution in [2.45, 2.75) is 32.5 Å². The van der Waals surface area contributed by atoms with E-state index in [0.29, 0.717) is 31.8 Å². The van der Waals surface area contributed by atoms with E-state index in [1.807, 2.05) is 16.8 Å². The van der Waals surface area contributed by atoms with Crippen LogP contribution in [0.3, 0.4) is 0 Å². The van der Waals surface area contributed by atoms with E-state index >= 15 is 0 Å². The molecule has 0 aromatic rings. The number of nitrogens with one attached hydrogen (secondary N) is 1. The lowest BCUT2D eigenvalue weighted by molar-refractivity contribution is -0.486. The highest BCUT2D eigenvalue weighted by atomic mass is 16.7. The molecule has 2 atom stereocenters. The Hall–Kier alpha value is -1.41. The summed E-state index contributed by atoms with van der Waals surface area (Å²) in [5.74, 6) is 0.752. The average molecular weight is 271 g/mol.